The van der Waals surface area contributed by atoms with Crippen molar-refractivity contribution in [1.82, 2.24) is 0 Å². The van der Waals surface area contributed by atoms with Gasteiger partial charge in [0.25, 0.3) is 0 Å². The highest BCUT2D eigenvalue weighted by Crippen LogP contribution is 2.67. The van der Waals surface area contributed by atoms with E-state index in [9.17, 15) is 29.7 Å². The summed E-state index contributed by atoms with van der Waals surface area (Å²) in [7, 11) is 0. The molecule has 0 saturated heterocycles. The van der Waals surface area contributed by atoms with Gasteiger partial charge >= 0.3 is 5.97 Å². The van der Waals surface area contributed by atoms with Crippen LogP contribution in [0.3, 0.4) is 0 Å². The predicted octanol–water partition coefficient (Wildman–Crippen LogP) is 5.70. The van der Waals surface area contributed by atoms with Crippen LogP contribution in [0.15, 0.2) is 70.4 Å². The molecule has 0 amide bonds. The molecule has 232 valence electrons. The third kappa shape index (κ3) is 5.09. The van der Waals surface area contributed by atoms with E-state index in [4.69, 9.17) is 4.74 Å². The van der Waals surface area contributed by atoms with E-state index >= 15 is 0 Å². The summed E-state index contributed by atoms with van der Waals surface area (Å²) in [5, 5.41) is 41.4. The van der Waals surface area contributed by atoms with Gasteiger partial charge < -0.3 is 20.1 Å². The van der Waals surface area contributed by atoms with E-state index in [0.717, 1.165) is 18.4 Å². The lowest BCUT2D eigenvalue weighted by Crippen LogP contribution is -2.61. The smallest absolute Gasteiger partial charge is 0.310 e. The molecule has 7 unspecified atom stereocenters. The number of allylic oxidation sites excluding steroid dienone is 2. The number of azo groups is 1. The van der Waals surface area contributed by atoms with Crippen molar-refractivity contribution in [2.75, 3.05) is 6.61 Å². The number of aromatic hydroxyl groups is 1. The zero-order valence-electron chi connectivity index (χ0n) is 25.2. The van der Waals surface area contributed by atoms with Gasteiger partial charge in [0, 0.05) is 18.3 Å². The molecular weight excluding hydrogens is 560 g/mol. The normalized spacial score (nSPS) is 34.5. The first kappa shape index (κ1) is 30.3. The molecule has 0 bridgehead atoms. The second-order valence-electron chi connectivity index (χ2n) is 13.6. The first-order valence-electron chi connectivity index (χ1n) is 15.5. The molecule has 9 heteroatoms. The molecule has 4 aliphatic rings. The number of carbonyl (C=O) groups excluding carboxylic acids is 3. The molecule has 0 heterocycles. The molecule has 3 N–H and O–H groups in total. The van der Waals surface area contributed by atoms with E-state index in [2.05, 4.69) is 23.2 Å². The topological polar surface area (TPSA) is 146 Å². The maximum atomic E-state index is 13.6. The van der Waals surface area contributed by atoms with Gasteiger partial charge in [0.1, 0.15) is 17.1 Å². The Labute approximate surface area is 257 Å². The van der Waals surface area contributed by atoms with E-state index in [0.29, 0.717) is 36.2 Å². The van der Waals surface area contributed by atoms with Crippen LogP contribution in [0.25, 0.3) is 0 Å². The number of esters is 1. The van der Waals surface area contributed by atoms with Gasteiger partial charge in [0.15, 0.2) is 6.61 Å². The molecule has 3 saturated carbocycles. The number of phenols is 1. The average molecular weight is 601 g/mol. The molecule has 4 aliphatic carbocycles. The molecule has 6 rings (SSSR count). The maximum Gasteiger partial charge on any atom is 0.310 e. The SMILES string of the molecule is CC12CCC(=O)CC1=CCC1C2C(O)CC2(C)C1CCC2(O)C(=O)COC(=O)Cc1ccccc1N=Nc1ccc(O)cc1. The molecule has 44 heavy (non-hydrogen) atoms. The molecule has 9 nitrogen and oxygen atoms in total. The highest BCUT2D eigenvalue weighted by atomic mass is 16.5. The lowest BCUT2D eigenvalue weighted by Gasteiger charge is -2.59. The largest absolute Gasteiger partial charge is 0.508 e. The average Bonchev–Trinajstić information content (AvgIpc) is 3.27. The standard InChI is InChI=1S/C35H40N2O7/c1-33-15-13-25(39)18-22(33)7-12-26-27-14-16-35(43,34(27,2)19-29(40)32(26)33)30(41)20-44-31(42)17-21-5-3-4-6-28(21)37-36-23-8-10-24(38)11-9-23/h3-11,26-27,29,32,38,40,43H,12-20H2,1-2H3. The monoisotopic (exact) mass is 600 g/mol. The molecule has 0 spiro atoms. The minimum atomic E-state index is -1.71. The van der Waals surface area contributed by atoms with Gasteiger partial charge in [-0.2, -0.15) is 10.2 Å². The van der Waals surface area contributed by atoms with Crippen LogP contribution >= 0.6 is 0 Å². The van der Waals surface area contributed by atoms with Crippen LogP contribution < -0.4 is 0 Å². The highest BCUT2D eigenvalue weighted by molar-refractivity contribution is 5.91. The summed E-state index contributed by atoms with van der Waals surface area (Å²) in [5.41, 5.74) is -0.106. The molecule has 7 atom stereocenters. The predicted molar refractivity (Wildman–Crippen MR) is 161 cm³/mol. The van der Waals surface area contributed by atoms with E-state index in [1.165, 1.54) is 12.1 Å². The number of fused-ring (bicyclic) bond motifs is 5. The lowest BCUT2D eigenvalue weighted by molar-refractivity contribution is -0.182. The van der Waals surface area contributed by atoms with E-state index in [1.54, 1.807) is 36.4 Å². The number of hydrogen-bond donors (Lipinski definition) is 3. The summed E-state index contributed by atoms with van der Waals surface area (Å²) in [6.45, 7) is 3.53. The zero-order chi connectivity index (χ0) is 31.3. The van der Waals surface area contributed by atoms with E-state index < -0.39 is 35.5 Å². The lowest BCUT2D eigenvalue weighted by atomic mass is 9.46. The van der Waals surface area contributed by atoms with Crippen LogP contribution in [0, 0.1) is 28.6 Å². The van der Waals surface area contributed by atoms with Crippen molar-refractivity contribution in [3.63, 3.8) is 0 Å². The highest BCUT2D eigenvalue weighted by Gasteiger charge is 2.68. The number of phenolic OH excluding ortho intramolecular Hbond substituents is 1. The quantitative estimate of drug-likeness (QED) is 0.210. The van der Waals surface area contributed by atoms with Crippen molar-refractivity contribution in [2.45, 2.75) is 76.9 Å². The Balaban J connectivity index is 1.12. The molecule has 3 fully saturated rings. The van der Waals surface area contributed by atoms with Crippen LogP contribution in [-0.4, -0.2) is 51.2 Å². The van der Waals surface area contributed by atoms with Crippen LogP contribution in [0.5, 0.6) is 5.75 Å². The van der Waals surface area contributed by atoms with Gasteiger partial charge in [-0.05, 0) is 91.2 Å². The Morgan fingerprint density at radius 2 is 1.80 bits per heavy atom. The van der Waals surface area contributed by atoms with Crippen LogP contribution in [-0.2, 0) is 25.5 Å². The second-order valence-corrected chi connectivity index (χ2v) is 13.6. The fraction of sp³-hybridized carbons (Fsp3) is 0.514. The summed E-state index contributed by atoms with van der Waals surface area (Å²) in [6, 6.07) is 13.2. The van der Waals surface area contributed by atoms with Gasteiger partial charge in [-0.25, -0.2) is 0 Å². The Morgan fingerprint density at radius 1 is 1.05 bits per heavy atom. The van der Waals surface area contributed by atoms with Crippen molar-refractivity contribution in [1.29, 1.82) is 0 Å². The summed E-state index contributed by atoms with van der Waals surface area (Å²) in [4.78, 5) is 38.7. The van der Waals surface area contributed by atoms with Crippen molar-refractivity contribution < 1.29 is 34.4 Å². The Bertz CT molecular complexity index is 1530. The number of ketones is 2. The van der Waals surface area contributed by atoms with Crippen molar-refractivity contribution in [2.24, 2.45) is 38.8 Å². The van der Waals surface area contributed by atoms with Gasteiger partial charge in [-0.15, -0.1) is 0 Å². The minimum Gasteiger partial charge on any atom is -0.508 e. The number of nitrogens with zero attached hydrogens (tertiary/aromatic N) is 2. The van der Waals surface area contributed by atoms with Crippen molar-refractivity contribution in [3.05, 3.63) is 65.7 Å². The van der Waals surface area contributed by atoms with Gasteiger partial charge in [0.2, 0.25) is 5.78 Å². The Kier molecular flexibility index (Phi) is 7.82. The Morgan fingerprint density at radius 3 is 2.57 bits per heavy atom. The summed E-state index contributed by atoms with van der Waals surface area (Å²) in [5.74, 6) is -0.684. The number of carbonyl (C=O) groups is 3. The molecule has 2 aromatic rings. The number of benzene rings is 2. The van der Waals surface area contributed by atoms with Crippen LogP contribution in [0.2, 0.25) is 0 Å². The summed E-state index contributed by atoms with van der Waals surface area (Å²) in [6.07, 6.45) is 4.95. The molecular formula is C35H40N2O7. The number of hydrogen-bond acceptors (Lipinski definition) is 9. The number of aliphatic hydroxyl groups excluding tert-OH is 1. The Hall–Kier alpha value is -3.69. The fourth-order valence-electron chi connectivity index (χ4n) is 8.93. The molecule has 0 radical (unpaired) electrons. The third-order valence-electron chi connectivity index (χ3n) is 11.3. The maximum absolute atomic E-state index is 13.6. The van der Waals surface area contributed by atoms with Crippen molar-refractivity contribution in [3.8, 4) is 5.75 Å². The molecule has 2 aromatic carbocycles. The first-order chi connectivity index (χ1) is 20.9. The number of rotatable bonds is 7. The fourth-order valence-corrected chi connectivity index (χ4v) is 8.93. The van der Waals surface area contributed by atoms with Gasteiger partial charge in [-0.1, -0.05) is 43.7 Å². The minimum absolute atomic E-state index is 0.0183. The zero-order valence-corrected chi connectivity index (χ0v) is 25.2. The van der Waals surface area contributed by atoms with Crippen molar-refractivity contribution >= 4 is 28.9 Å². The second kappa shape index (κ2) is 11.3. The summed E-state index contributed by atoms with van der Waals surface area (Å²) >= 11 is 0. The van der Waals surface area contributed by atoms with Crippen LogP contribution in [0.4, 0.5) is 11.4 Å². The number of ether oxygens (including phenoxy) is 1. The van der Waals surface area contributed by atoms with E-state index in [1.807, 2.05) is 6.92 Å². The van der Waals surface area contributed by atoms with E-state index in [-0.39, 0.29) is 54.0 Å². The molecule has 0 aliphatic heterocycles. The number of aliphatic hydroxyl groups is 2. The van der Waals surface area contributed by atoms with Gasteiger partial charge in [-0.3, -0.25) is 14.4 Å². The van der Waals surface area contributed by atoms with Crippen LogP contribution in [0.1, 0.15) is 64.4 Å². The number of Topliss-reactive ketones (excluding diaryl/α,β-unsaturated/α-hetero) is 2. The first-order valence-corrected chi connectivity index (χ1v) is 15.5. The summed E-state index contributed by atoms with van der Waals surface area (Å²) < 4.78 is 5.42. The molecule has 0 aromatic heterocycles. The van der Waals surface area contributed by atoms with Gasteiger partial charge in [0.05, 0.1) is 23.9 Å². The third-order valence-corrected chi connectivity index (χ3v) is 11.3.